The van der Waals surface area contributed by atoms with Crippen molar-refractivity contribution in [2.75, 3.05) is 19.6 Å². The van der Waals surface area contributed by atoms with E-state index < -0.39 is 0 Å². The smallest absolute Gasteiger partial charge is 0.253 e. The van der Waals surface area contributed by atoms with Crippen LogP contribution in [0.15, 0.2) is 48.7 Å². The number of amides is 1. The predicted molar refractivity (Wildman–Crippen MR) is 104 cm³/mol. The summed E-state index contributed by atoms with van der Waals surface area (Å²) >= 11 is 0. The normalized spacial score (nSPS) is 22.5. The van der Waals surface area contributed by atoms with Crippen molar-refractivity contribution in [1.82, 2.24) is 14.8 Å². The molecule has 0 unspecified atom stereocenters. The Morgan fingerprint density at radius 3 is 2.67 bits per heavy atom. The van der Waals surface area contributed by atoms with Gasteiger partial charge < -0.3 is 4.90 Å². The van der Waals surface area contributed by atoms with E-state index in [4.69, 9.17) is 0 Å². The molecule has 1 aromatic heterocycles. The van der Waals surface area contributed by atoms with Crippen molar-refractivity contribution < 1.29 is 9.59 Å². The first kappa shape index (κ1) is 17.9. The number of aromatic nitrogens is 1. The lowest BCUT2D eigenvalue weighted by Crippen LogP contribution is -2.44. The second-order valence-electron chi connectivity index (χ2n) is 7.69. The molecule has 27 heavy (non-hydrogen) atoms. The molecule has 3 saturated heterocycles. The van der Waals surface area contributed by atoms with Crippen molar-refractivity contribution in [2.24, 2.45) is 5.92 Å². The number of Topliss-reactive ketones (excluding diaryl/α,β-unsaturated/α-hetero) is 1. The van der Waals surface area contributed by atoms with E-state index in [-0.39, 0.29) is 11.7 Å². The van der Waals surface area contributed by atoms with Gasteiger partial charge in [0.15, 0.2) is 5.78 Å². The number of carbonyl (C=O) groups excluding carboxylic acids is 2. The lowest BCUT2D eigenvalue weighted by atomic mass is 9.95. The molecule has 4 heterocycles. The van der Waals surface area contributed by atoms with Crippen LogP contribution in [0, 0.1) is 5.92 Å². The van der Waals surface area contributed by atoms with Crippen molar-refractivity contribution in [1.29, 1.82) is 0 Å². The van der Waals surface area contributed by atoms with Gasteiger partial charge in [-0.3, -0.25) is 19.5 Å². The van der Waals surface area contributed by atoms with E-state index in [1.54, 1.807) is 18.2 Å². The molecule has 140 valence electrons. The summed E-state index contributed by atoms with van der Waals surface area (Å²) in [6.07, 6.45) is 4.12. The van der Waals surface area contributed by atoms with Gasteiger partial charge in [0.1, 0.15) is 0 Å². The summed E-state index contributed by atoms with van der Waals surface area (Å²) in [7, 11) is 0. The molecule has 2 bridgehead atoms. The maximum atomic E-state index is 13.1. The number of nitrogens with zero attached hydrogens (tertiary/aromatic N) is 3. The number of hydrogen-bond donors (Lipinski definition) is 0. The summed E-state index contributed by atoms with van der Waals surface area (Å²) in [5, 5.41) is 0. The van der Waals surface area contributed by atoms with Gasteiger partial charge >= 0.3 is 0 Å². The van der Waals surface area contributed by atoms with E-state index >= 15 is 0 Å². The van der Waals surface area contributed by atoms with Crippen LogP contribution in [0.1, 0.15) is 46.2 Å². The van der Waals surface area contributed by atoms with Crippen LogP contribution in [0.5, 0.6) is 0 Å². The third-order valence-corrected chi connectivity index (χ3v) is 5.72. The van der Waals surface area contributed by atoms with E-state index in [2.05, 4.69) is 16.0 Å². The summed E-state index contributed by atoms with van der Waals surface area (Å²) in [4.78, 5) is 33.7. The lowest BCUT2D eigenvalue weighted by molar-refractivity contribution is 0.0735. The highest BCUT2D eigenvalue weighted by molar-refractivity contribution is 5.99. The maximum Gasteiger partial charge on any atom is 0.253 e. The van der Waals surface area contributed by atoms with Crippen molar-refractivity contribution in [2.45, 2.75) is 32.4 Å². The Morgan fingerprint density at radius 1 is 1.04 bits per heavy atom. The Hall–Kier alpha value is -2.53. The number of ketones is 1. The summed E-state index contributed by atoms with van der Waals surface area (Å²) in [5.41, 5.74) is 2.28. The van der Waals surface area contributed by atoms with Gasteiger partial charge in [-0.05, 0) is 49.9 Å². The molecular weight excluding hydrogens is 338 g/mol. The quantitative estimate of drug-likeness (QED) is 0.784. The number of rotatable bonds is 4. The molecule has 0 N–H and O–H groups in total. The molecule has 5 nitrogen and oxygen atoms in total. The second kappa shape index (κ2) is 7.61. The summed E-state index contributed by atoms with van der Waals surface area (Å²) in [6, 6.07) is 13.5. The molecule has 0 spiro atoms. The largest absolute Gasteiger partial charge is 0.337 e. The Bertz CT molecular complexity index is 836. The predicted octanol–water partition coefficient (Wildman–Crippen LogP) is 3.02. The minimum absolute atomic E-state index is 0.0119. The number of carbonyl (C=O) groups is 2. The van der Waals surface area contributed by atoms with Gasteiger partial charge in [-0.15, -0.1) is 0 Å². The Morgan fingerprint density at radius 2 is 1.89 bits per heavy atom. The first-order valence-electron chi connectivity index (χ1n) is 9.64. The molecule has 0 saturated carbocycles. The summed E-state index contributed by atoms with van der Waals surface area (Å²) in [6.45, 7) is 4.92. The highest BCUT2D eigenvalue weighted by Crippen LogP contribution is 2.29. The zero-order valence-corrected chi connectivity index (χ0v) is 15.7. The number of hydrogen-bond acceptors (Lipinski definition) is 4. The average Bonchev–Trinajstić information content (AvgIpc) is 3.00. The van der Waals surface area contributed by atoms with Crippen LogP contribution in [0.4, 0.5) is 0 Å². The minimum atomic E-state index is -0.0119. The van der Waals surface area contributed by atoms with Gasteiger partial charge in [0, 0.05) is 49.5 Å². The molecule has 2 aromatic rings. The van der Waals surface area contributed by atoms with Gasteiger partial charge in [0.2, 0.25) is 0 Å². The SMILES string of the molecule is CC(=O)c1cccc(C(=O)N2C[C@H]3CC[C@@H](C2)N(Cc2ccccn2)C3)c1. The highest BCUT2D eigenvalue weighted by atomic mass is 16.2. The molecule has 5 heteroatoms. The van der Waals surface area contributed by atoms with Gasteiger partial charge in [0.05, 0.1) is 5.69 Å². The summed E-state index contributed by atoms with van der Waals surface area (Å²) in [5.74, 6) is 0.518. The molecular formula is C22H25N3O2. The van der Waals surface area contributed by atoms with Crippen molar-refractivity contribution in [3.63, 3.8) is 0 Å². The number of benzene rings is 1. The van der Waals surface area contributed by atoms with Crippen molar-refractivity contribution in [3.8, 4) is 0 Å². The van der Waals surface area contributed by atoms with Gasteiger partial charge in [-0.25, -0.2) is 0 Å². The van der Waals surface area contributed by atoms with Crippen molar-refractivity contribution >= 4 is 11.7 Å². The molecule has 2 atom stereocenters. The van der Waals surface area contributed by atoms with E-state index in [0.717, 1.165) is 38.3 Å². The fraction of sp³-hybridized carbons (Fsp3) is 0.409. The fourth-order valence-electron chi connectivity index (χ4n) is 4.29. The second-order valence-corrected chi connectivity index (χ2v) is 7.69. The molecule has 5 rings (SSSR count). The average molecular weight is 363 g/mol. The van der Waals surface area contributed by atoms with E-state index in [1.165, 1.54) is 13.3 Å². The molecule has 1 aromatic carbocycles. The van der Waals surface area contributed by atoms with Crippen LogP contribution < -0.4 is 0 Å². The fourth-order valence-corrected chi connectivity index (χ4v) is 4.29. The molecule has 3 fully saturated rings. The topological polar surface area (TPSA) is 53.5 Å². The Balaban J connectivity index is 1.50. The molecule has 3 aliphatic rings. The van der Waals surface area contributed by atoms with E-state index in [0.29, 0.717) is 23.1 Å². The van der Waals surface area contributed by atoms with Crippen LogP contribution in [0.3, 0.4) is 0 Å². The highest BCUT2D eigenvalue weighted by Gasteiger charge is 2.36. The Kier molecular flexibility index (Phi) is 5.03. The van der Waals surface area contributed by atoms with Crippen LogP contribution in [-0.4, -0.2) is 52.2 Å². The molecule has 0 aliphatic carbocycles. The third-order valence-electron chi connectivity index (χ3n) is 5.72. The van der Waals surface area contributed by atoms with Crippen LogP contribution >= 0.6 is 0 Å². The zero-order valence-electron chi connectivity index (χ0n) is 15.7. The Labute approximate surface area is 160 Å². The first-order valence-corrected chi connectivity index (χ1v) is 9.64. The number of piperidine rings is 1. The van der Waals surface area contributed by atoms with E-state index in [9.17, 15) is 9.59 Å². The van der Waals surface area contributed by atoms with Crippen LogP contribution in [0.2, 0.25) is 0 Å². The van der Waals surface area contributed by atoms with E-state index in [1.807, 2.05) is 29.3 Å². The first-order chi connectivity index (χ1) is 13.1. The van der Waals surface area contributed by atoms with Gasteiger partial charge in [0.25, 0.3) is 5.91 Å². The zero-order chi connectivity index (χ0) is 18.8. The van der Waals surface area contributed by atoms with Gasteiger partial charge in [-0.2, -0.15) is 0 Å². The minimum Gasteiger partial charge on any atom is -0.337 e. The number of fused-ring (bicyclic) bond motifs is 4. The molecule has 0 radical (unpaired) electrons. The number of pyridine rings is 1. The lowest BCUT2D eigenvalue weighted by Gasteiger charge is -2.35. The molecule has 1 amide bonds. The molecule has 3 aliphatic heterocycles. The van der Waals surface area contributed by atoms with Gasteiger partial charge in [-0.1, -0.05) is 18.2 Å². The third kappa shape index (κ3) is 3.93. The standard InChI is InChI=1S/C22H25N3O2/c1-16(26)18-5-4-6-19(11-18)22(27)25-13-17-8-9-21(15-25)24(12-17)14-20-7-2-3-10-23-20/h2-7,10-11,17,21H,8-9,12-15H2,1H3/t17-,21-/m0/s1. The maximum absolute atomic E-state index is 13.1. The summed E-state index contributed by atoms with van der Waals surface area (Å²) < 4.78 is 0. The van der Waals surface area contributed by atoms with Crippen LogP contribution in [0.25, 0.3) is 0 Å². The van der Waals surface area contributed by atoms with Crippen molar-refractivity contribution in [3.05, 3.63) is 65.5 Å². The van der Waals surface area contributed by atoms with Crippen LogP contribution in [-0.2, 0) is 6.54 Å². The monoisotopic (exact) mass is 363 g/mol.